The molecule has 0 radical (unpaired) electrons. The number of carbonyl (C=O) groups is 6. The van der Waals surface area contributed by atoms with Gasteiger partial charge in [0, 0.05) is 41.8 Å². The minimum absolute atomic E-state index is 0.0112. The SMILES string of the molecule is C=CCCCCOC(=O)N[C@H](C(=O)N1C[C@H](n2nc(-c3ccccc3)c(-c3cccc(C=C)c3)n2)C[C@H]1C(=O)OC)C(C)(C)C.C=CCCCCOC(=O)N[C@H](C(=O)O)C(C)(C)C.C=Cc1cccc(-c2nn([C@H]3CN[C@H](C(=O)OC)C3)nc2-c2ccccc2)c1. The molecule has 2 aliphatic rings. The third kappa shape index (κ3) is 20.0. The summed E-state index contributed by atoms with van der Waals surface area (Å²) in [4.78, 5) is 78.9. The monoisotopic (exact) mass is 1240 g/mol. The van der Waals surface area contributed by atoms with Crippen LogP contribution in [0, 0.1) is 10.8 Å². The van der Waals surface area contributed by atoms with Gasteiger partial charge < -0.3 is 44.9 Å². The number of aromatic nitrogens is 6. The summed E-state index contributed by atoms with van der Waals surface area (Å²) in [7, 11) is 2.70. The summed E-state index contributed by atoms with van der Waals surface area (Å²) >= 11 is 0. The molecule has 21 heteroatoms. The van der Waals surface area contributed by atoms with Gasteiger partial charge >= 0.3 is 30.1 Å². The van der Waals surface area contributed by atoms with Crippen LogP contribution in [-0.2, 0) is 38.1 Å². The first kappa shape index (κ1) is 70.6. The van der Waals surface area contributed by atoms with Crippen LogP contribution in [0.3, 0.4) is 0 Å². The molecule has 0 bridgehead atoms. The molecule has 2 saturated heterocycles. The van der Waals surface area contributed by atoms with Gasteiger partial charge in [-0.1, -0.05) is 176 Å². The fourth-order valence-electron chi connectivity index (χ4n) is 10.3. The van der Waals surface area contributed by atoms with E-state index in [4.69, 9.17) is 44.4 Å². The number of benzene rings is 4. The highest BCUT2D eigenvalue weighted by Gasteiger charge is 2.47. The van der Waals surface area contributed by atoms with Crippen molar-refractivity contribution < 1.29 is 52.8 Å². The number of carboxylic acid groups (broad SMARTS) is 1. The van der Waals surface area contributed by atoms with E-state index in [0.717, 1.165) is 76.9 Å². The van der Waals surface area contributed by atoms with E-state index in [1.165, 1.54) is 19.1 Å². The average molecular weight is 1250 g/mol. The highest BCUT2D eigenvalue weighted by molar-refractivity contribution is 5.91. The quantitative estimate of drug-likeness (QED) is 0.0190. The number of esters is 2. The summed E-state index contributed by atoms with van der Waals surface area (Å²) in [5, 5.41) is 36.8. The van der Waals surface area contributed by atoms with E-state index in [0.29, 0.717) is 30.8 Å². The lowest BCUT2D eigenvalue weighted by Crippen LogP contribution is -2.57. The van der Waals surface area contributed by atoms with Crippen LogP contribution in [0.25, 0.3) is 57.2 Å². The minimum Gasteiger partial charge on any atom is -0.480 e. The lowest BCUT2D eigenvalue weighted by molar-refractivity contribution is -0.152. The Balaban J connectivity index is 0.000000243. The second-order valence-electron chi connectivity index (χ2n) is 24.2. The van der Waals surface area contributed by atoms with Gasteiger partial charge in [-0.2, -0.15) is 30.0 Å². The Bertz CT molecular complexity index is 3440. The number of aliphatic carboxylic acids is 1. The summed E-state index contributed by atoms with van der Waals surface area (Å²) in [5.41, 5.74) is 7.47. The second-order valence-corrected chi connectivity index (χ2v) is 24.2. The number of methoxy groups -OCH3 is 2. The summed E-state index contributed by atoms with van der Waals surface area (Å²) in [6, 6.07) is 32.1. The van der Waals surface area contributed by atoms with Crippen molar-refractivity contribution in [3.63, 3.8) is 0 Å². The standard InChI is InChI=1S/C35H43N5O5.C22H22N4O2.C13H23NO4/c1-7-9-10-14-20-45-34(43)36-31(35(3,4)5)32(41)39-23-27(22-28(39)33(42)44-6)40-37-29(25-17-12-11-13-18-25)30(38-40)26-19-15-16-24(8-2)21-26;1-3-15-8-7-11-17(12-15)21-20(16-9-5-4-6-10-16)24-26(25-21)18-13-19(23-14-18)22(27)28-2;1-5-6-7-8-9-18-12(17)14-10(11(15)16)13(2,3)4/h7-8,11-13,15-19,21,27-28,31H,1-2,9-10,14,20,22-23H2,3-6H3,(H,36,43);3-12,18-19,23H,1,13-14H2,2H3;5,10H,1,6-9H2,2-4H3,(H,14,17)(H,15,16)/t27-,28+,31-;18-,19+;10-/m111/s1. The molecule has 2 aromatic heterocycles. The zero-order valence-electron chi connectivity index (χ0n) is 53.6. The van der Waals surface area contributed by atoms with E-state index < -0.39 is 65.0 Å². The van der Waals surface area contributed by atoms with Gasteiger partial charge in [0.15, 0.2) is 0 Å². The second kappa shape index (κ2) is 33.9. The first-order chi connectivity index (χ1) is 43.5. The molecular formula is C70H88N10O11. The van der Waals surface area contributed by atoms with Gasteiger partial charge in [-0.3, -0.25) is 9.59 Å². The number of ether oxygens (including phenoxy) is 4. The number of amides is 3. The van der Waals surface area contributed by atoms with Gasteiger partial charge in [0.25, 0.3) is 0 Å². The number of nitrogens with zero attached hydrogens (tertiary/aromatic N) is 7. The number of alkyl carbamates (subject to hydrolysis) is 2. The van der Waals surface area contributed by atoms with Crippen molar-refractivity contribution in [2.24, 2.45) is 10.8 Å². The Morgan fingerprint density at radius 2 is 1.01 bits per heavy atom. The predicted molar refractivity (Wildman–Crippen MR) is 352 cm³/mol. The third-order valence-electron chi connectivity index (χ3n) is 15.2. The van der Waals surface area contributed by atoms with Gasteiger partial charge in [-0.15, -0.1) is 13.2 Å². The summed E-state index contributed by atoms with van der Waals surface area (Å²) < 4.78 is 20.2. The van der Waals surface area contributed by atoms with E-state index in [1.54, 1.807) is 42.5 Å². The number of carbonyl (C=O) groups excluding carboxylic acids is 5. The molecule has 0 unspecified atom stereocenters. The Labute approximate surface area is 534 Å². The summed E-state index contributed by atoms with van der Waals surface area (Å²) in [5.74, 6) is -2.26. The first-order valence-corrected chi connectivity index (χ1v) is 30.6. The largest absolute Gasteiger partial charge is 0.480 e. The number of carboxylic acids is 1. The maximum atomic E-state index is 14.1. The van der Waals surface area contributed by atoms with Crippen LogP contribution in [-0.4, -0.2) is 141 Å². The number of rotatable bonds is 24. The van der Waals surface area contributed by atoms with E-state index in [2.05, 4.69) is 48.3 Å². The number of allylic oxidation sites excluding steroid dienone is 2. The van der Waals surface area contributed by atoms with E-state index >= 15 is 0 Å². The fourth-order valence-corrected chi connectivity index (χ4v) is 10.3. The topological polar surface area (TPSA) is 260 Å². The van der Waals surface area contributed by atoms with Crippen LogP contribution in [0.4, 0.5) is 9.59 Å². The molecule has 8 rings (SSSR count). The highest BCUT2D eigenvalue weighted by Crippen LogP contribution is 2.36. The Morgan fingerprint density at radius 1 is 0.582 bits per heavy atom. The van der Waals surface area contributed by atoms with Gasteiger partial charge in [0.2, 0.25) is 5.91 Å². The molecule has 4 heterocycles. The maximum Gasteiger partial charge on any atom is 0.407 e. The van der Waals surface area contributed by atoms with Gasteiger partial charge in [0.05, 0.1) is 39.5 Å². The Kier molecular flexibility index (Phi) is 26.3. The lowest BCUT2D eigenvalue weighted by atomic mass is 9.85. The Morgan fingerprint density at radius 3 is 1.43 bits per heavy atom. The molecule has 2 fully saturated rings. The van der Waals surface area contributed by atoms with Crippen LogP contribution >= 0.6 is 0 Å². The van der Waals surface area contributed by atoms with E-state index in [1.807, 2.05) is 136 Å². The van der Waals surface area contributed by atoms with Crippen LogP contribution in [0.2, 0.25) is 0 Å². The van der Waals surface area contributed by atoms with Crippen molar-refractivity contribution >= 4 is 48.2 Å². The number of nitrogens with one attached hydrogen (secondary N) is 3. The number of hydrogen-bond acceptors (Lipinski definition) is 15. The molecule has 2 aliphatic heterocycles. The van der Waals surface area contributed by atoms with Crippen LogP contribution in [0.5, 0.6) is 0 Å². The van der Waals surface area contributed by atoms with E-state index in [-0.39, 0.29) is 44.2 Å². The molecule has 3 amide bonds. The van der Waals surface area contributed by atoms with Crippen LogP contribution < -0.4 is 16.0 Å². The lowest BCUT2D eigenvalue weighted by Gasteiger charge is -2.34. The predicted octanol–water partition coefficient (Wildman–Crippen LogP) is 12.0. The zero-order valence-corrected chi connectivity index (χ0v) is 53.6. The summed E-state index contributed by atoms with van der Waals surface area (Å²) in [6.45, 7) is 27.1. The molecule has 91 heavy (non-hydrogen) atoms. The van der Waals surface area contributed by atoms with Crippen molar-refractivity contribution in [2.45, 2.75) is 129 Å². The van der Waals surface area contributed by atoms with E-state index in [9.17, 15) is 28.8 Å². The maximum absolute atomic E-state index is 14.1. The van der Waals surface area contributed by atoms with Gasteiger partial charge in [0.1, 0.15) is 46.9 Å². The van der Waals surface area contributed by atoms with Gasteiger partial charge in [-0.25, -0.2) is 19.2 Å². The van der Waals surface area contributed by atoms with Crippen LogP contribution in [0.1, 0.15) is 116 Å². The number of likely N-dealkylation sites (tertiary alicyclic amines) is 1. The smallest absolute Gasteiger partial charge is 0.407 e. The molecular weight excluding hydrogens is 1160 g/mol. The van der Waals surface area contributed by atoms with Crippen molar-refractivity contribution in [1.82, 2.24) is 50.8 Å². The average Bonchev–Trinajstić information content (AvgIpc) is 2.09. The molecule has 6 atom stereocenters. The minimum atomic E-state index is -1.06. The third-order valence-corrected chi connectivity index (χ3v) is 15.2. The molecule has 4 N–H and O–H groups in total. The molecule has 0 aliphatic carbocycles. The number of unbranched alkanes of at least 4 members (excludes halogenated alkanes) is 4. The number of hydrogen-bond donors (Lipinski definition) is 4. The summed E-state index contributed by atoms with van der Waals surface area (Å²) in [6.07, 6.45) is 11.6. The van der Waals surface area contributed by atoms with Crippen molar-refractivity contribution in [2.75, 3.05) is 40.5 Å². The van der Waals surface area contributed by atoms with Gasteiger partial charge in [-0.05, 0) is 79.0 Å². The molecule has 6 aromatic rings. The normalized spacial score (nSPS) is 16.6. The van der Waals surface area contributed by atoms with Crippen molar-refractivity contribution in [1.29, 1.82) is 0 Å². The molecule has 4 aromatic carbocycles. The van der Waals surface area contributed by atoms with Crippen molar-refractivity contribution in [3.05, 3.63) is 159 Å². The zero-order chi connectivity index (χ0) is 66.3. The fraction of sp³-hybridized carbons (Fsp3) is 0.400. The van der Waals surface area contributed by atoms with Crippen molar-refractivity contribution in [3.8, 4) is 45.0 Å². The highest BCUT2D eigenvalue weighted by atomic mass is 16.6. The Hall–Kier alpha value is -9.50. The molecule has 21 nitrogen and oxygen atoms in total. The van der Waals surface area contributed by atoms with Crippen LogP contribution in [0.15, 0.2) is 148 Å². The molecule has 484 valence electrons. The molecule has 0 spiro atoms. The first-order valence-electron chi connectivity index (χ1n) is 30.6. The molecule has 0 saturated carbocycles.